The normalized spacial score (nSPS) is 10.3. The third kappa shape index (κ3) is 2.85. The van der Waals surface area contributed by atoms with Crippen LogP contribution in [0.5, 0.6) is 11.5 Å². The summed E-state index contributed by atoms with van der Waals surface area (Å²) >= 11 is 0. The molecule has 0 aromatic heterocycles. The highest BCUT2D eigenvalue weighted by Crippen LogP contribution is 2.35. The van der Waals surface area contributed by atoms with E-state index in [1.807, 2.05) is 12.1 Å². The maximum atomic E-state index is 5.73. The van der Waals surface area contributed by atoms with Crippen molar-refractivity contribution in [3.05, 3.63) is 60.7 Å². The zero-order chi connectivity index (χ0) is 14.5. The number of ether oxygens (including phenoxy) is 2. The molecule has 2 nitrogen and oxygen atoms in total. The van der Waals surface area contributed by atoms with Gasteiger partial charge in [-0.05, 0) is 49.2 Å². The molecule has 0 spiro atoms. The lowest BCUT2D eigenvalue weighted by Crippen LogP contribution is -1.98. The molecular formula is C18H20O2. The second-order valence-electron chi connectivity index (χ2n) is 4.74. The van der Waals surface area contributed by atoms with Crippen LogP contribution >= 0.6 is 0 Å². The van der Waals surface area contributed by atoms with Gasteiger partial charge in [-0.2, -0.15) is 0 Å². The van der Waals surface area contributed by atoms with Crippen molar-refractivity contribution in [2.75, 3.05) is 13.2 Å². The number of aryl methyl sites for hydroxylation is 2. The fraction of sp³-hybridized carbons (Fsp3) is 0.222. The minimum atomic E-state index is 0.495. The van der Waals surface area contributed by atoms with E-state index in [4.69, 9.17) is 9.47 Å². The van der Waals surface area contributed by atoms with Crippen LogP contribution in [-0.4, -0.2) is 13.2 Å². The standard InChI is InChI=1S/C18H20O2/c1-5-9-19-17-7-8-18(20-10-6-2)16-12-14(4)13(3)11-15(16)17/h5-8,11-12H,1-2,9-10H2,3-4H3. The Bertz CT molecular complexity index is 585. The Kier molecular flexibility index (Phi) is 4.46. The minimum absolute atomic E-state index is 0.495. The lowest BCUT2D eigenvalue weighted by molar-refractivity contribution is 0.359. The van der Waals surface area contributed by atoms with Gasteiger partial charge < -0.3 is 9.47 Å². The Hall–Kier alpha value is -2.22. The molecule has 0 atom stereocenters. The number of hydrogen-bond donors (Lipinski definition) is 0. The predicted octanol–water partition coefficient (Wildman–Crippen LogP) is 4.59. The van der Waals surface area contributed by atoms with E-state index in [-0.39, 0.29) is 0 Å². The topological polar surface area (TPSA) is 18.5 Å². The lowest BCUT2D eigenvalue weighted by Gasteiger charge is -2.14. The molecule has 0 aliphatic heterocycles. The second kappa shape index (κ2) is 6.29. The van der Waals surface area contributed by atoms with Crippen molar-refractivity contribution >= 4 is 10.8 Å². The van der Waals surface area contributed by atoms with Gasteiger partial charge in [0.1, 0.15) is 24.7 Å². The first-order valence-electron chi connectivity index (χ1n) is 6.68. The van der Waals surface area contributed by atoms with Gasteiger partial charge in [-0.3, -0.25) is 0 Å². The van der Waals surface area contributed by atoms with Crippen molar-refractivity contribution in [1.29, 1.82) is 0 Å². The molecule has 0 heterocycles. The van der Waals surface area contributed by atoms with Gasteiger partial charge in [0.15, 0.2) is 0 Å². The monoisotopic (exact) mass is 268 g/mol. The average molecular weight is 268 g/mol. The Morgan fingerprint density at radius 3 is 1.60 bits per heavy atom. The van der Waals surface area contributed by atoms with Crippen molar-refractivity contribution in [2.45, 2.75) is 13.8 Å². The van der Waals surface area contributed by atoms with Crippen LogP contribution in [0.15, 0.2) is 49.6 Å². The molecule has 0 radical (unpaired) electrons. The van der Waals surface area contributed by atoms with Crippen LogP contribution in [0, 0.1) is 13.8 Å². The molecule has 2 rings (SSSR count). The van der Waals surface area contributed by atoms with Gasteiger partial charge in [0, 0.05) is 10.8 Å². The summed E-state index contributed by atoms with van der Waals surface area (Å²) in [6.45, 7) is 12.6. The Morgan fingerprint density at radius 1 is 0.850 bits per heavy atom. The summed E-state index contributed by atoms with van der Waals surface area (Å²) < 4.78 is 11.5. The first kappa shape index (κ1) is 14.2. The van der Waals surface area contributed by atoms with E-state index in [1.54, 1.807) is 12.2 Å². The highest BCUT2D eigenvalue weighted by atomic mass is 16.5. The molecule has 0 aliphatic carbocycles. The Morgan fingerprint density at radius 2 is 1.25 bits per heavy atom. The van der Waals surface area contributed by atoms with E-state index in [0.29, 0.717) is 13.2 Å². The molecule has 0 saturated heterocycles. The maximum Gasteiger partial charge on any atom is 0.127 e. The van der Waals surface area contributed by atoms with Crippen molar-refractivity contribution in [1.82, 2.24) is 0 Å². The van der Waals surface area contributed by atoms with Crippen molar-refractivity contribution in [3.8, 4) is 11.5 Å². The molecule has 0 amide bonds. The Balaban J connectivity index is 2.58. The van der Waals surface area contributed by atoms with Gasteiger partial charge in [-0.25, -0.2) is 0 Å². The fourth-order valence-electron chi connectivity index (χ4n) is 2.10. The van der Waals surface area contributed by atoms with Crippen LogP contribution in [0.2, 0.25) is 0 Å². The van der Waals surface area contributed by atoms with Gasteiger partial charge in [0.25, 0.3) is 0 Å². The molecule has 2 aromatic carbocycles. The minimum Gasteiger partial charge on any atom is -0.489 e. The SMILES string of the molecule is C=CCOc1ccc(OCC=C)c2cc(C)c(C)cc12. The first-order valence-corrected chi connectivity index (χ1v) is 6.68. The maximum absolute atomic E-state index is 5.73. The van der Waals surface area contributed by atoms with E-state index in [0.717, 1.165) is 22.3 Å². The zero-order valence-electron chi connectivity index (χ0n) is 12.1. The summed E-state index contributed by atoms with van der Waals surface area (Å²) in [5.74, 6) is 1.71. The summed E-state index contributed by atoms with van der Waals surface area (Å²) in [5.41, 5.74) is 2.48. The van der Waals surface area contributed by atoms with Crippen LogP contribution in [0.4, 0.5) is 0 Å². The molecule has 2 heteroatoms. The number of hydrogen-bond acceptors (Lipinski definition) is 2. The van der Waals surface area contributed by atoms with E-state index in [9.17, 15) is 0 Å². The van der Waals surface area contributed by atoms with Gasteiger partial charge in [0.2, 0.25) is 0 Å². The Labute approximate surface area is 120 Å². The molecule has 0 bridgehead atoms. The molecule has 0 unspecified atom stereocenters. The third-order valence-electron chi connectivity index (χ3n) is 3.26. The highest BCUT2D eigenvalue weighted by molar-refractivity contribution is 5.94. The number of benzene rings is 2. The average Bonchev–Trinajstić information content (AvgIpc) is 2.45. The van der Waals surface area contributed by atoms with Crippen molar-refractivity contribution in [2.24, 2.45) is 0 Å². The summed E-state index contributed by atoms with van der Waals surface area (Å²) in [6, 6.07) is 8.17. The van der Waals surface area contributed by atoms with Gasteiger partial charge >= 0.3 is 0 Å². The van der Waals surface area contributed by atoms with Gasteiger partial charge in [-0.15, -0.1) is 0 Å². The van der Waals surface area contributed by atoms with Crippen LogP contribution in [0.3, 0.4) is 0 Å². The summed E-state index contributed by atoms with van der Waals surface area (Å²) in [6.07, 6.45) is 3.49. The van der Waals surface area contributed by atoms with E-state index in [1.165, 1.54) is 11.1 Å². The second-order valence-corrected chi connectivity index (χ2v) is 4.74. The molecular weight excluding hydrogens is 248 g/mol. The largest absolute Gasteiger partial charge is 0.489 e. The highest BCUT2D eigenvalue weighted by Gasteiger charge is 2.09. The summed E-state index contributed by atoms with van der Waals surface area (Å²) in [7, 11) is 0. The quantitative estimate of drug-likeness (QED) is 0.714. The summed E-state index contributed by atoms with van der Waals surface area (Å²) in [5, 5.41) is 2.13. The smallest absolute Gasteiger partial charge is 0.127 e. The van der Waals surface area contributed by atoms with E-state index < -0.39 is 0 Å². The predicted molar refractivity (Wildman–Crippen MR) is 84.8 cm³/mol. The van der Waals surface area contributed by atoms with Crippen molar-refractivity contribution < 1.29 is 9.47 Å². The summed E-state index contributed by atoms with van der Waals surface area (Å²) in [4.78, 5) is 0. The van der Waals surface area contributed by atoms with E-state index >= 15 is 0 Å². The fourth-order valence-corrected chi connectivity index (χ4v) is 2.10. The van der Waals surface area contributed by atoms with Gasteiger partial charge in [-0.1, -0.05) is 25.3 Å². The van der Waals surface area contributed by atoms with E-state index in [2.05, 4.69) is 39.1 Å². The molecule has 2 aromatic rings. The molecule has 0 N–H and O–H groups in total. The van der Waals surface area contributed by atoms with Crippen LogP contribution in [0.25, 0.3) is 10.8 Å². The molecule has 0 saturated carbocycles. The van der Waals surface area contributed by atoms with Crippen LogP contribution in [0.1, 0.15) is 11.1 Å². The van der Waals surface area contributed by atoms with Crippen LogP contribution in [-0.2, 0) is 0 Å². The molecule has 104 valence electrons. The molecule has 0 fully saturated rings. The van der Waals surface area contributed by atoms with Crippen LogP contribution < -0.4 is 9.47 Å². The number of fused-ring (bicyclic) bond motifs is 1. The van der Waals surface area contributed by atoms with Gasteiger partial charge in [0.05, 0.1) is 0 Å². The zero-order valence-corrected chi connectivity index (χ0v) is 12.1. The number of rotatable bonds is 6. The van der Waals surface area contributed by atoms with Crippen molar-refractivity contribution in [3.63, 3.8) is 0 Å². The molecule has 0 aliphatic rings. The first-order chi connectivity index (χ1) is 9.67. The lowest BCUT2D eigenvalue weighted by atomic mass is 10.0. The third-order valence-corrected chi connectivity index (χ3v) is 3.26. The molecule has 20 heavy (non-hydrogen) atoms.